The van der Waals surface area contributed by atoms with E-state index in [1.165, 1.54) is 28.1 Å². The molecule has 0 atom stereocenters. The molecule has 2 aliphatic carbocycles. The molecule has 1 aromatic rings. The molecule has 1 aromatic carbocycles. The van der Waals surface area contributed by atoms with E-state index in [-0.39, 0.29) is 10.8 Å². The molecule has 5 heteroatoms. The van der Waals surface area contributed by atoms with Gasteiger partial charge in [0.1, 0.15) is 11.5 Å². The van der Waals surface area contributed by atoms with Gasteiger partial charge in [0.15, 0.2) is 5.43 Å². The van der Waals surface area contributed by atoms with E-state index in [1.807, 2.05) is 6.07 Å². The minimum Gasteiger partial charge on any atom is -0.456 e. The SMILES string of the molecule is CCCN1C(=CC=C2CCCc3cc4cc(CN5CCOCC5)c(=O)cc-4oc32)C(C)(C)c2ccccc21. The number of rotatable bonds is 5. The van der Waals surface area contributed by atoms with Crippen molar-refractivity contribution in [2.75, 3.05) is 37.7 Å². The van der Waals surface area contributed by atoms with Crippen molar-refractivity contribution < 1.29 is 9.15 Å². The Morgan fingerprint density at radius 3 is 2.66 bits per heavy atom. The van der Waals surface area contributed by atoms with Crippen molar-refractivity contribution >= 4 is 11.3 Å². The number of hydrogen-bond acceptors (Lipinski definition) is 5. The van der Waals surface area contributed by atoms with Gasteiger partial charge in [-0.1, -0.05) is 45.0 Å². The van der Waals surface area contributed by atoms with Crippen LogP contribution in [0.2, 0.25) is 0 Å². The second-order valence-corrected chi connectivity index (χ2v) is 11.4. The molecular formula is C33H38N2O3. The standard InChI is InChI=1S/C33H38N2O3/c1-4-14-35-28-11-6-5-10-27(28)33(2,3)31(35)13-12-23-8-7-9-24-19-25-20-26(22-34-15-17-37-18-16-34)29(36)21-30(25)38-32(23)24/h5-6,10-13,19-21H,4,7-9,14-18,22H2,1-3H3. The molecule has 0 N–H and O–H groups in total. The number of fused-ring (bicyclic) bond motifs is 3. The van der Waals surface area contributed by atoms with Crippen LogP contribution in [0, 0.1) is 0 Å². The first kappa shape index (κ1) is 25.1. The first-order valence-corrected chi connectivity index (χ1v) is 14.1. The van der Waals surface area contributed by atoms with Gasteiger partial charge in [0, 0.05) is 60.2 Å². The molecule has 0 bridgehead atoms. The topological polar surface area (TPSA) is 45.9 Å². The van der Waals surface area contributed by atoms with Crippen LogP contribution in [0.15, 0.2) is 69.5 Å². The van der Waals surface area contributed by atoms with Gasteiger partial charge in [-0.3, -0.25) is 9.69 Å². The first-order chi connectivity index (χ1) is 18.5. The number of aryl methyl sites for hydroxylation is 1. The number of nitrogens with zero attached hydrogens (tertiary/aromatic N) is 2. The zero-order valence-corrected chi connectivity index (χ0v) is 22.9. The Labute approximate surface area is 225 Å². The van der Waals surface area contributed by atoms with Crippen LogP contribution >= 0.6 is 0 Å². The molecule has 0 radical (unpaired) electrons. The maximum atomic E-state index is 13.0. The van der Waals surface area contributed by atoms with Crippen LogP contribution in [-0.4, -0.2) is 37.7 Å². The lowest BCUT2D eigenvalue weighted by Crippen LogP contribution is -2.36. The van der Waals surface area contributed by atoms with E-state index in [9.17, 15) is 4.79 Å². The molecule has 3 heterocycles. The summed E-state index contributed by atoms with van der Waals surface area (Å²) in [6.07, 6.45) is 8.75. The third-order valence-corrected chi connectivity index (χ3v) is 8.40. The fourth-order valence-electron chi connectivity index (χ4n) is 6.36. The van der Waals surface area contributed by atoms with Gasteiger partial charge in [-0.15, -0.1) is 0 Å². The van der Waals surface area contributed by atoms with Crippen LogP contribution in [0.1, 0.15) is 62.5 Å². The van der Waals surface area contributed by atoms with Crippen LogP contribution in [0.5, 0.6) is 0 Å². The molecule has 5 nitrogen and oxygen atoms in total. The smallest absolute Gasteiger partial charge is 0.186 e. The number of para-hydroxylation sites is 1. The lowest BCUT2D eigenvalue weighted by atomic mass is 9.83. The number of anilines is 1. The molecule has 1 fully saturated rings. The van der Waals surface area contributed by atoms with E-state index in [0.29, 0.717) is 12.3 Å². The van der Waals surface area contributed by atoms with Crippen LogP contribution < -0.4 is 10.3 Å². The third kappa shape index (κ3) is 4.52. The monoisotopic (exact) mass is 510 g/mol. The van der Waals surface area contributed by atoms with Crippen molar-refractivity contribution in [3.05, 3.63) is 93.0 Å². The zero-order valence-electron chi connectivity index (χ0n) is 22.9. The predicted molar refractivity (Wildman–Crippen MR) is 154 cm³/mol. The summed E-state index contributed by atoms with van der Waals surface area (Å²) in [5.74, 6) is 1.62. The summed E-state index contributed by atoms with van der Waals surface area (Å²) >= 11 is 0. The molecule has 0 aromatic heterocycles. The van der Waals surface area contributed by atoms with Crippen LogP contribution in [-0.2, 0) is 23.1 Å². The fraction of sp³-hybridized carbons (Fsp3) is 0.424. The Morgan fingerprint density at radius 2 is 1.84 bits per heavy atom. The molecule has 5 aliphatic rings. The molecular weight excluding hydrogens is 472 g/mol. The molecule has 0 amide bonds. The highest BCUT2D eigenvalue weighted by molar-refractivity contribution is 5.74. The van der Waals surface area contributed by atoms with Gasteiger partial charge in [0.2, 0.25) is 0 Å². The van der Waals surface area contributed by atoms with E-state index in [1.54, 1.807) is 6.07 Å². The van der Waals surface area contributed by atoms with Gasteiger partial charge < -0.3 is 14.1 Å². The Balaban J connectivity index is 1.36. The summed E-state index contributed by atoms with van der Waals surface area (Å²) in [4.78, 5) is 17.8. The highest BCUT2D eigenvalue weighted by Crippen LogP contribution is 2.48. The number of hydrogen-bond donors (Lipinski definition) is 0. The third-order valence-electron chi connectivity index (χ3n) is 8.40. The Hall–Kier alpha value is -3.15. The Bertz CT molecular complexity index is 1420. The van der Waals surface area contributed by atoms with Gasteiger partial charge >= 0.3 is 0 Å². The van der Waals surface area contributed by atoms with Gasteiger partial charge in [-0.2, -0.15) is 0 Å². The lowest BCUT2D eigenvalue weighted by Gasteiger charge is -2.27. The van der Waals surface area contributed by atoms with Gasteiger partial charge in [-0.25, -0.2) is 0 Å². The quantitative estimate of drug-likeness (QED) is 0.398. The molecule has 1 saturated heterocycles. The largest absolute Gasteiger partial charge is 0.456 e. The van der Waals surface area contributed by atoms with Crippen molar-refractivity contribution in [2.24, 2.45) is 0 Å². The fourth-order valence-corrected chi connectivity index (χ4v) is 6.36. The maximum absolute atomic E-state index is 13.0. The van der Waals surface area contributed by atoms with Gasteiger partial charge in [0.25, 0.3) is 0 Å². The number of allylic oxidation sites excluding steroid dienone is 4. The number of benzene rings is 2. The number of ether oxygens (including phenoxy) is 1. The molecule has 0 spiro atoms. The lowest BCUT2D eigenvalue weighted by molar-refractivity contribution is 0.0340. The Kier molecular flexibility index (Phi) is 6.75. The summed E-state index contributed by atoms with van der Waals surface area (Å²) in [5, 5.41) is 0. The minimum atomic E-state index is -0.0603. The molecule has 198 valence electrons. The van der Waals surface area contributed by atoms with E-state index in [2.05, 4.69) is 73.1 Å². The summed E-state index contributed by atoms with van der Waals surface area (Å²) in [6, 6.07) is 14.8. The van der Waals surface area contributed by atoms with Crippen molar-refractivity contribution in [3.63, 3.8) is 0 Å². The van der Waals surface area contributed by atoms with Crippen LogP contribution in [0.4, 0.5) is 5.69 Å². The summed E-state index contributed by atoms with van der Waals surface area (Å²) in [6.45, 7) is 11.7. The average Bonchev–Trinajstić information content (AvgIpc) is 3.13. The van der Waals surface area contributed by atoms with Crippen LogP contribution in [0.3, 0.4) is 0 Å². The van der Waals surface area contributed by atoms with E-state index < -0.39 is 0 Å². The Morgan fingerprint density at radius 1 is 1.03 bits per heavy atom. The molecule has 0 saturated carbocycles. The minimum absolute atomic E-state index is 0.0526. The molecule has 6 rings (SSSR count). The molecule has 0 unspecified atom stereocenters. The molecule has 38 heavy (non-hydrogen) atoms. The van der Waals surface area contributed by atoms with E-state index in [0.717, 1.165) is 75.4 Å². The predicted octanol–water partition coefficient (Wildman–Crippen LogP) is 6.39. The van der Waals surface area contributed by atoms with Crippen molar-refractivity contribution in [1.29, 1.82) is 0 Å². The zero-order chi connectivity index (χ0) is 26.3. The summed E-state index contributed by atoms with van der Waals surface area (Å²) < 4.78 is 11.9. The second kappa shape index (κ2) is 10.2. The van der Waals surface area contributed by atoms with Gasteiger partial charge in [-0.05, 0) is 66.7 Å². The van der Waals surface area contributed by atoms with Gasteiger partial charge in [0.05, 0.1) is 13.2 Å². The molecule has 3 aliphatic heterocycles. The van der Waals surface area contributed by atoms with Crippen molar-refractivity contribution in [1.82, 2.24) is 4.90 Å². The van der Waals surface area contributed by atoms with Crippen molar-refractivity contribution in [3.8, 4) is 11.3 Å². The average molecular weight is 511 g/mol. The summed E-state index contributed by atoms with van der Waals surface area (Å²) in [5.41, 5.74) is 8.34. The van der Waals surface area contributed by atoms with Crippen LogP contribution in [0.25, 0.3) is 16.9 Å². The van der Waals surface area contributed by atoms with Crippen molar-refractivity contribution in [2.45, 2.75) is 58.4 Å². The number of morpholine rings is 1. The first-order valence-electron chi connectivity index (χ1n) is 14.1. The summed E-state index contributed by atoms with van der Waals surface area (Å²) in [7, 11) is 0. The normalized spacial score (nSPS) is 21.3. The maximum Gasteiger partial charge on any atom is 0.186 e. The van der Waals surface area contributed by atoms with E-state index >= 15 is 0 Å². The second-order valence-electron chi connectivity index (χ2n) is 11.4. The highest BCUT2D eigenvalue weighted by Gasteiger charge is 2.39. The van der Waals surface area contributed by atoms with E-state index in [4.69, 9.17) is 9.15 Å². The highest BCUT2D eigenvalue weighted by atomic mass is 16.5.